The highest BCUT2D eigenvalue weighted by Gasteiger charge is 2.15. The second-order valence-electron chi connectivity index (χ2n) is 2.95. The first-order valence-electron chi connectivity index (χ1n) is 4.38. The lowest BCUT2D eigenvalue weighted by atomic mass is 10.3. The van der Waals surface area contributed by atoms with Gasteiger partial charge in [-0.3, -0.25) is 4.79 Å². The van der Waals surface area contributed by atoms with Crippen molar-refractivity contribution >= 4 is 5.91 Å². The monoisotopic (exact) mass is 215 g/mol. The fourth-order valence-corrected chi connectivity index (χ4v) is 1.02. The number of likely N-dealkylation sites (N-methyl/N-ethyl adjacent to an activating group) is 1. The third-order valence-corrected chi connectivity index (χ3v) is 1.81. The van der Waals surface area contributed by atoms with Crippen molar-refractivity contribution in [3.05, 3.63) is 29.8 Å². The van der Waals surface area contributed by atoms with E-state index in [-0.39, 0.29) is 11.7 Å². The summed E-state index contributed by atoms with van der Waals surface area (Å²) in [5.74, 6) is -2.04. The van der Waals surface area contributed by atoms with Gasteiger partial charge in [0.2, 0.25) is 0 Å². The summed E-state index contributed by atoms with van der Waals surface area (Å²) in [6.07, 6.45) is -0.824. The van der Waals surface area contributed by atoms with E-state index in [1.165, 1.54) is 14.0 Å². The van der Waals surface area contributed by atoms with Crippen LogP contribution < -0.4 is 10.1 Å². The third-order valence-electron chi connectivity index (χ3n) is 1.81. The Morgan fingerprint density at radius 1 is 1.47 bits per heavy atom. The van der Waals surface area contributed by atoms with Crippen LogP contribution in [0, 0.1) is 11.6 Å². The van der Waals surface area contributed by atoms with E-state index in [9.17, 15) is 13.6 Å². The van der Waals surface area contributed by atoms with Crippen molar-refractivity contribution in [2.45, 2.75) is 13.0 Å². The molecule has 0 heterocycles. The fraction of sp³-hybridized carbons (Fsp3) is 0.300. The van der Waals surface area contributed by atoms with Crippen LogP contribution in [-0.2, 0) is 4.79 Å². The van der Waals surface area contributed by atoms with Crippen molar-refractivity contribution in [3.8, 4) is 5.75 Å². The van der Waals surface area contributed by atoms with Crippen molar-refractivity contribution in [3.63, 3.8) is 0 Å². The van der Waals surface area contributed by atoms with Crippen LogP contribution in [0.3, 0.4) is 0 Å². The van der Waals surface area contributed by atoms with E-state index in [1.807, 2.05) is 0 Å². The molecule has 0 aromatic heterocycles. The summed E-state index contributed by atoms with van der Waals surface area (Å²) in [5, 5.41) is 2.36. The third kappa shape index (κ3) is 2.90. The van der Waals surface area contributed by atoms with E-state index in [4.69, 9.17) is 4.74 Å². The minimum absolute atomic E-state index is 0.146. The minimum atomic E-state index is -0.828. The van der Waals surface area contributed by atoms with Crippen LogP contribution in [0.25, 0.3) is 0 Å². The number of rotatable bonds is 3. The average Bonchev–Trinajstić information content (AvgIpc) is 2.20. The van der Waals surface area contributed by atoms with Crippen LogP contribution in [0.2, 0.25) is 0 Å². The van der Waals surface area contributed by atoms with Gasteiger partial charge in [-0.2, -0.15) is 0 Å². The molecule has 0 unspecified atom stereocenters. The summed E-state index contributed by atoms with van der Waals surface area (Å²) in [5.41, 5.74) is 0. The second-order valence-corrected chi connectivity index (χ2v) is 2.95. The summed E-state index contributed by atoms with van der Waals surface area (Å²) in [6.45, 7) is 1.47. The maximum absolute atomic E-state index is 13.1. The van der Waals surface area contributed by atoms with Gasteiger partial charge in [0.1, 0.15) is 5.82 Å². The lowest BCUT2D eigenvalue weighted by Crippen LogP contribution is -2.33. The molecule has 0 radical (unpaired) electrons. The predicted octanol–water partition coefficient (Wildman–Crippen LogP) is 1.48. The Labute approximate surface area is 86.0 Å². The van der Waals surface area contributed by atoms with Crippen molar-refractivity contribution in [1.82, 2.24) is 5.32 Å². The van der Waals surface area contributed by atoms with Gasteiger partial charge in [0, 0.05) is 13.1 Å². The summed E-state index contributed by atoms with van der Waals surface area (Å²) < 4.78 is 30.6. The predicted molar refractivity (Wildman–Crippen MR) is 50.5 cm³/mol. The molecule has 5 heteroatoms. The van der Waals surface area contributed by atoms with Crippen LogP contribution in [0.15, 0.2) is 18.2 Å². The van der Waals surface area contributed by atoms with Crippen LogP contribution >= 0.6 is 0 Å². The molecule has 0 spiro atoms. The molecule has 15 heavy (non-hydrogen) atoms. The smallest absolute Gasteiger partial charge is 0.260 e. The topological polar surface area (TPSA) is 38.3 Å². The van der Waals surface area contributed by atoms with Crippen molar-refractivity contribution in [2.24, 2.45) is 0 Å². The first-order chi connectivity index (χ1) is 7.04. The highest BCUT2D eigenvalue weighted by Crippen LogP contribution is 2.18. The summed E-state index contributed by atoms with van der Waals surface area (Å²) in [6, 6.07) is 2.91. The molecule has 0 saturated carbocycles. The van der Waals surface area contributed by atoms with Gasteiger partial charge in [-0.25, -0.2) is 8.78 Å². The molecule has 0 bridgehead atoms. The molecule has 1 amide bonds. The first kappa shape index (κ1) is 11.4. The molecule has 0 aliphatic heterocycles. The number of nitrogens with one attached hydrogen (secondary N) is 1. The number of hydrogen-bond donors (Lipinski definition) is 1. The molecule has 0 fully saturated rings. The molecule has 82 valence electrons. The maximum Gasteiger partial charge on any atom is 0.260 e. The molecular weight excluding hydrogens is 204 g/mol. The zero-order chi connectivity index (χ0) is 11.4. The maximum atomic E-state index is 13.1. The molecule has 1 rings (SSSR count). The van der Waals surface area contributed by atoms with Crippen LogP contribution in [0.5, 0.6) is 5.75 Å². The number of carbonyl (C=O) groups is 1. The SMILES string of the molecule is CNC(=O)[C@@H](C)Oc1ccc(F)cc1F. The number of halogens is 2. The minimum Gasteiger partial charge on any atom is -0.478 e. The number of carbonyl (C=O) groups excluding carboxylic acids is 1. The van der Waals surface area contributed by atoms with Gasteiger partial charge in [0.05, 0.1) is 0 Å². The van der Waals surface area contributed by atoms with Gasteiger partial charge >= 0.3 is 0 Å². The van der Waals surface area contributed by atoms with Gasteiger partial charge in [0.15, 0.2) is 17.7 Å². The van der Waals surface area contributed by atoms with Crippen LogP contribution in [0.1, 0.15) is 6.92 Å². The Kier molecular flexibility index (Phi) is 3.60. The van der Waals surface area contributed by atoms with Crippen molar-refractivity contribution in [1.29, 1.82) is 0 Å². The van der Waals surface area contributed by atoms with E-state index >= 15 is 0 Å². The lowest BCUT2D eigenvalue weighted by molar-refractivity contribution is -0.126. The van der Waals surface area contributed by atoms with Gasteiger partial charge < -0.3 is 10.1 Å². The Balaban J connectivity index is 2.76. The molecule has 1 atom stereocenters. The first-order valence-corrected chi connectivity index (χ1v) is 4.38. The number of ether oxygens (including phenoxy) is 1. The Hall–Kier alpha value is -1.65. The highest BCUT2D eigenvalue weighted by atomic mass is 19.1. The molecule has 0 aliphatic carbocycles. The summed E-state index contributed by atoms with van der Waals surface area (Å²) >= 11 is 0. The molecule has 1 N–H and O–H groups in total. The Bertz CT molecular complexity index is 368. The second kappa shape index (κ2) is 4.72. The normalized spacial score (nSPS) is 12.0. The number of hydrogen-bond acceptors (Lipinski definition) is 2. The quantitative estimate of drug-likeness (QED) is 0.829. The number of amides is 1. The van der Waals surface area contributed by atoms with E-state index in [0.717, 1.165) is 12.1 Å². The summed E-state index contributed by atoms with van der Waals surface area (Å²) in [7, 11) is 1.45. The molecular formula is C10H11F2NO2. The van der Waals surface area contributed by atoms with Gasteiger partial charge in [-0.05, 0) is 19.1 Å². The van der Waals surface area contributed by atoms with Crippen molar-refractivity contribution < 1.29 is 18.3 Å². The standard InChI is InChI=1S/C10H11F2NO2/c1-6(10(14)13-2)15-9-4-3-7(11)5-8(9)12/h3-6H,1-2H3,(H,13,14)/t6-/m1/s1. The van der Waals surface area contributed by atoms with Gasteiger partial charge in [0.25, 0.3) is 5.91 Å². The fourth-order valence-electron chi connectivity index (χ4n) is 1.02. The highest BCUT2D eigenvalue weighted by molar-refractivity contribution is 5.80. The average molecular weight is 215 g/mol. The van der Waals surface area contributed by atoms with E-state index in [1.54, 1.807) is 0 Å². The van der Waals surface area contributed by atoms with Gasteiger partial charge in [-0.15, -0.1) is 0 Å². The Morgan fingerprint density at radius 2 is 2.13 bits per heavy atom. The zero-order valence-electron chi connectivity index (χ0n) is 8.38. The van der Waals surface area contributed by atoms with Gasteiger partial charge in [-0.1, -0.05) is 0 Å². The Morgan fingerprint density at radius 3 is 2.67 bits per heavy atom. The summed E-state index contributed by atoms with van der Waals surface area (Å²) in [4.78, 5) is 11.1. The number of benzene rings is 1. The van der Waals surface area contributed by atoms with Crippen LogP contribution in [-0.4, -0.2) is 19.1 Å². The van der Waals surface area contributed by atoms with E-state index < -0.39 is 17.7 Å². The van der Waals surface area contributed by atoms with Crippen molar-refractivity contribution in [2.75, 3.05) is 7.05 Å². The molecule has 0 aliphatic rings. The molecule has 1 aromatic rings. The van der Waals surface area contributed by atoms with E-state index in [0.29, 0.717) is 6.07 Å². The van der Waals surface area contributed by atoms with E-state index in [2.05, 4.69) is 5.32 Å². The van der Waals surface area contributed by atoms with Crippen LogP contribution in [0.4, 0.5) is 8.78 Å². The molecule has 0 saturated heterocycles. The molecule has 3 nitrogen and oxygen atoms in total. The zero-order valence-corrected chi connectivity index (χ0v) is 8.38. The molecule has 1 aromatic carbocycles. The lowest BCUT2D eigenvalue weighted by Gasteiger charge is -2.13. The largest absolute Gasteiger partial charge is 0.478 e.